The number of carbonyl (C=O) groups is 1. The lowest BCUT2D eigenvalue weighted by Gasteiger charge is -2.02. The maximum Gasteiger partial charge on any atom is 0.160 e. The highest BCUT2D eigenvalue weighted by atomic mass is 32.1. The fourth-order valence-electron chi connectivity index (χ4n) is 1.35. The largest absolute Gasteiger partial charge is 0.507 e. The Labute approximate surface area is 90.8 Å². The van der Waals surface area contributed by atoms with Crippen molar-refractivity contribution < 1.29 is 9.90 Å². The second-order valence-electron chi connectivity index (χ2n) is 3.13. The smallest absolute Gasteiger partial charge is 0.160 e. The second kappa shape index (κ2) is 3.74. The van der Waals surface area contributed by atoms with Gasteiger partial charge in [0.2, 0.25) is 0 Å². The SMILES string of the molecule is Nc1ccc(-c2csc(C=O)c2)c(O)c1. The molecule has 0 aliphatic rings. The van der Waals surface area contributed by atoms with Crippen molar-refractivity contribution in [1.82, 2.24) is 0 Å². The van der Waals surface area contributed by atoms with Gasteiger partial charge in [-0.05, 0) is 29.1 Å². The summed E-state index contributed by atoms with van der Waals surface area (Å²) >= 11 is 1.35. The van der Waals surface area contributed by atoms with E-state index in [-0.39, 0.29) is 5.75 Å². The lowest BCUT2D eigenvalue weighted by molar-refractivity contribution is 0.112. The Kier molecular flexibility index (Phi) is 2.43. The topological polar surface area (TPSA) is 63.3 Å². The summed E-state index contributed by atoms with van der Waals surface area (Å²) in [7, 11) is 0. The van der Waals surface area contributed by atoms with Gasteiger partial charge in [0.05, 0.1) is 4.88 Å². The van der Waals surface area contributed by atoms with Gasteiger partial charge in [0.25, 0.3) is 0 Å². The first-order valence-corrected chi connectivity index (χ1v) is 5.21. The lowest BCUT2D eigenvalue weighted by Crippen LogP contribution is -1.84. The van der Waals surface area contributed by atoms with Crippen molar-refractivity contribution >= 4 is 23.3 Å². The summed E-state index contributed by atoms with van der Waals surface area (Å²) in [5.41, 5.74) is 7.56. The monoisotopic (exact) mass is 219 g/mol. The van der Waals surface area contributed by atoms with Crippen LogP contribution in [0.5, 0.6) is 5.75 Å². The molecular formula is C11H9NO2S. The van der Waals surface area contributed by atoms with E-state index < -0.39 is 0 Å². The molecule has 76 valence electrons. The maximum atomic E-state index is 10.5. The third-order valence-corrected chi connectivity index (χ3v) is 2.93. The number of thiophene rings is 1. The average Bonchev–Trinajstić information content (AvgIpc) is 2.66. The minimum atomic E-state index is 0.130. The van der Waals surface area contributed by atoms with E-state index in [0.29, 0.717) is 16.1 Å². The van der Waals surface area contributed by atoms with Crippen LogP contribution in [0.15, 0.2) is 29.6 Å². The molecule has 0 aliphatic heterocycles. The number of carbonyl (C=O) groups excluding carboxylic acids is 1. The zero-order valence-corrected chi connectivity index (χ0v) is 8.62. The summed E-state index contributed by atoms with van der Waals surface area (Å²) in [6, 6.07) is 6.69. The standard InChI is InChI=1S/C11H9NO2S/c12-8-1-2-10(11(14)4-8)7-3-9(5-13)15-6-7/h1-6,14H,12H2. The van der Waals surface area contributed by atoms with Crippen LogP contribution in [0.25, 0.3) is 11.1 Å². The number of phenols is 1. The molecule has 2 aromatic rings. The van der Waals surface area contributed by atoms with E-state index in [9.17, 15) is 9.90 Å². The summed E-state index contributed by atoms with van der Waals surface area (Å²) in [4.78, 5) is 11.2. The van der Waals surface area contributed by atoms with Crippen LogP contribution in [-0.2, 0) is 0 Å². The Morgan fingerprint density at radius 2 is 2.13 bits per heavy atom. The quantitative estimate of drug-likeness (QED) is 0.602. The summed E-state index contributed by atoms with van der Waals surface area (Å²) in [5, 5.41) is 11.5. The van der Waals surface area contributed by atoms with Crippen LogP contribution in [0.2, 0.25) is 0 Å². The van der Waals surface area contributed by atoms with Crippen LogP contribution in [0.3, 0.4) is 0 Å². The molecule has 0 saturated carbocycles. The van der Waals surface area contributed by atoms with Crippen molar-refractivity contribution in [3.63, 3.8) is 0 Å². The lowest BCUT2D eigenvalue weighted by atomic mass is 10.1. The molecule has 3 N–H and O–H groups in total. The number of anilines is 1. The fourth-order valence-corrected chi connectivity index (χ4v) is 2.06. The molecule has 0 bridgehead atoms. The van der Waals surface area contributed by atoms with Crippen molar-refractivity contribution in [2.24, 2.45) is 0 Å². The van der Waals surface area contributed by atoms with Crippen LogP contribution >= 0.6 is 11.3 Å². The predicted octanol–water partition coefficient (Wildman–Crippen LogP) is 2.52. The molecule has 15 heavy (non-hydrogen) atoms. The fraction of sp³-hybridized carbons (Fsp3) is 0. The van der Waals surface area contributed by atoms with Gasteiger partial charge in [-0.25, -0.2) is 0 Å². The number of aldehydes is 1. The molecule has 1 aromatic carbocycles. The number of hydrogen-bond acceptors (Lipinski definition) is 4. The van der Waals surface area contributed by atoms with Crippen molar-refractivity contribution in [1.29, 1.82) is 0 Å². The van der Waals surface area contributed by atoms with Gasteiger partial charge in [-0.1, -0.05) is 0 Å². The van der Waals surface area contributed by atoms with E-state index in [1.54, 1.807) is 18.2 Å². The Morgan fingerprint density at radius 3 is 2.73 bits per heavy atom. The molecule has 1 heterocycles. The third kappa shape index (κ3) is 1.85. The summed E-state index contributed by atoms with van der Waals surface area (Å²) in [6.07, 6.45) is 0.794. The minimum absolute atomic E-state index is 0.130. The van der Waals surface area contributed by atoms with Crippen molar-refractivity contribution in [2.45, 2.75) is 0 Å². The van der Waals surface area contributed by atoms with E-state index in [0.717, 1.165) is 11.8 Å². The highest BCUT2D eigenvalue weighted by molar-refractivity contribution is 7.12. The summed E-state index contributed by atoms with van der Waals surface area (Å²) in [6.45, 7) is 0. The summed E-state index contributed by atoms with van der Waals surface area (Å²) in [5.74, 6) is 0.130. The maximum absolute atomic E-state index is 10.5. The van der Waals surface area contributed by atoms with Crippen molar-refractivity contribution in [3.8, 4) is 16.9 Å². The highest BCUT2D eigenvalue weighted by Gasteiger charge is 2.06. The Morgan fingerprint density at radius 1 is 1.33 bits per heavy atom. The summed E-state index contributed by atoms with van der Waals surface area (Å²) < 4.78 is 0. The number of nitrogen functional groups attached to an aromatic ring is 1. The van der Waals surface area contributed by atoms with Crippen molar-refractivity contribution in [2.75, 3.05) is 5.73 Å². The molecule has 0 radical (unpaired) electrons. The zero-order chi connectivity index (χ0) is 10.8. The van der Waals surface area contributed by atoms with Gasteiger partial charge in [0.1, 0.15) is 5.75 Å². The number of benzene rings is 1. The number of hydrogen-bond donors (Lipinski definition) is 2. The Hall–Kier alpha value is -1.81. The van der Waals surface area contributed by atoms with Crippen LogP contribution < -0.4 is 5.73 Å². The molecule has 0 amide bonds. The van der Waals surface area contributed by atoms with E-state index in [4.69, 9.17) is 5.73 Å². The van der Waals surface area contributed by atoms with Gasteiger partial charge in [0.15, 0.2) is 6.29 Å². The van der Waals surface area contributed by atoms with E-state index in [1.807, 2.05) is 5.38 Å². The molecule has 0 spiro atoms. The normalized spacial score (nSPS) is 10.1. The van der Waals surface area contributed by atoms with Crippen molar-refractivity contribution in [3.05, 3.63) is 34.5 Å². The van der Waals surface area contributed by atoms with Gasteiger partial charge in [-0.3, -0.25) is 4.79 Å². The van der Waals surface area contributed by atoms with Crippen LogP contribution in [0, 0.1) is 0 Å². The number of rotatable bonds is 2. The van der Waals surface area contributed by atoms with E-state index in [2.05, 4.69) is 0 Å². The van der Waals surface area contributed by atoms with Gasteiger partial charge in [0, 0.05) is 17.3 Å². The zero-order valence-electron chi connectivity index (χ0n) is 7.81. The molecule has 0 saturated heterocycles. The predicted molar refractivity (Wildman–Crippen MR) is 61.2 cm³/mol. The molecule has 4 heteroatoms. The third-order valence-electron chi connectivity index (χ3n) is 2.07. The molecule has 1 aromatic heterocycles. The average molecular weight is 219 g/mol. The molecule has 3 nitrogen and oxygen atoms in total. The number of aromatic hydroxyl groups is 1. The highest BCUT2D eigenvalue weighted by Crippen LogP contribution is 2.33. The Bertz CT molecular complexity index is 505. The van der Waals surface area contributed by atoms with Gasteiger partial charge >= 0.3 is 0 Å². The first kappa shape index (κ1) is 9.73. The first-order chi connectivity index (χ1) is 7.20. The number of phenolic OH excluding ortho intramolecular Hbond substituents is 1. The van der Waals surface area contributed by atoms with Crippen LogP contribution in [0.4, 0.5) is 5.69 Å². The molecule has 0 atom stereocenters. The van der Waals surface area contributed by atoms with Crippen LogP contribution in [-0.4, -0.2) is 11.4 Å². The molecule has 2 rings (SSSR count). The van der Waals surface area contributed by atoms with E-state index >= 15 is 0 Å². The number of nitrogens with two attached hydrogens (primary N) is 1. The molecule has 0 unspecified atom stereocenters. The van der Waals surface area contributed by atoms with Gasteiger partial charge in [-0.15, -0.1) is 11.3 Å². The molecule has 0 fully saturated rings. The Balaban J connectivity index is 2.49. The van der Waals surface area contributed by atoms with E-state index in [1.165, 1.54) is 17.4 Å². The minimum Gasteiger partial charge on any atom is -0.507 e. The second-order valence-corrected chi connectivity index (χ2v) is 4.07. The molecule has 0 aliphatic carbocycles. The first-order valence-electron chi connectivity index (χ1n) is 4.33. The van der Waals surface area contributed by atoms with Gasteiger partial charge < -0.3 is 10.8 Å². The van der Waals surface area contributed by atoms with Gasteiger partial charge in [-0.2, -0.15) is 0 Å². The van der Waals surface area contributed by atoms with Crippen LogP contribution in [0.1, 0.15) is 9.67 Å². The molecular weight excluding hydrogens is 210 g/mol.